The molecule has 132 valence electrons. The largest absolute Gasteiger partial charge is 0.207 e. The molecule has 0 radical (unpaired) electrons. The molecule has 0 unspecified atom stereocenters. The van der Waals surface area contributed by atoms with Gasteiger partial charge in [0.05, 0.1) is 0 Å². The Morgan fingerprint density at radius 3 is 1.08 bits per heavy atom. The summed E-state index contributed by atoms with van der Waals surface area (Å²) in [6, 6.07) is 13.2. The van der Waals surface area contributed by atoms with E-state index >= 15 is 0 Å². The molecule has 0 saturated heterocycles. The second-order valence-electron chi connectivity index (χ2n) is 8.85. The first-order valence-corrected chi connectivity index (χ1v) is 9.96. The van der Waals surface area contributed by atoms with Crippen LogP contribution < -0.4 is 0 Å². The van der Waals surface area contributed by atoms with Gasteiger partial charge >= 0.3 is 41.3 Å². The van der Waals surface area contributed by atoms with E-state index in [9.17, 15) is 0 Å². The maximum absolute atomic E-state index is 2.25. The van der Waals surface area contributed by atoms with E-state index < -0.39 is 0 Å². The third kappa shape index (κ3) is 10.3. The molecule has 0 aliphatic heterocycles. The monoisotopic (exact) mass is 402 g/mol. The summed E-state index contributed by atoms with van der Waals surface area (Å²) in [5.74, 6) is 0. The van der Waals surface area contributed by atoms with E-state index in [1.807, 2.05) is 0 Å². The zero-order valence-corrected chi connectivity index (χ0v) is 19.9. The number of hydrogen-bond acceptors (Lipinski definition) is 0. The summed E-state index contributed by atoms with van der Waals surface area (Å²) in [4.78, 5) is 0. The van der Waals surface area contributed by atoms with Crippen molar-refractivity contribution in [3.8, 4) is 0 Å². The van der Waals surface area contributed by atoms with Crippen LogP contribution in [0.25, 0.3) is 0 Å². The summed E-state index contributed by atoms with van der Waals surface area (Å²) in [5.41, 5.74) is 6.23. The van der Waals surface area contributed by atoms with Crippen LogP contribution in [0.3, 0.4) is 0 Å². The fourth-order valence-corrected chi connectivity index (χ4v) is 2.06. The molecule has 0 aliphatic rings. The van der Waals surface area contributed by atoms with Crippen LogP contribution in [-0.2, 0) is 35.1 Å². The van der Waals surface area contributed by atoms with Crippen molar-refractivity contribution in [3.63, 3.8) is 0 Å². The summed E-state index contributed by atoms with van der Waals surface area (Å²) in [6.45, 7) is 21.9. The molecule has 0 spiro atoms. The van der Waals surface area contributed by atoms with Gasteiger partial charge in [0.25, 0.3) is 0 Å². The van der Waals surface area contributed by atoms with Crippen LogP contribution >= 0.6 is 0 Å². The normalized spacial score (nSPS) is 11.2. The first-order valence-electron chi connectivity index (χ1n) is 8.73. The number of aryl methyl sites for hydroxylation is 2. The molecule has 0 heterocycles. The fraction of sp³-hybridized carbons (Fsp3) is 0.522. The van der Waals surface area contributed by atoms with Gasteiger partial charge in [0.2, 0.25) is 0 Å². The molecular weight excluding hydrogens is 367 g/mol. The Labute approximate surface area is 165 Å². The van der Waals surface area contributed by atoms with E-state index in [0.717, 1.165) is 0 Å². The first-order chi connectivity index (χ1) is 10.7. The molecular formula is C23H36Zr. The first kappa shape index (κ1) is 23.5. The van der Waals surface area contributed by atoms with Gasteiger partial charge in [-0.1, -0.05) is 66.2 Å². The van der Waals surface area contributed by atoms with E-state index in [4.69, 9.17) is 0 Å². The SMILES string of the molecule is C[C](C)=[Zr+2].Cc1cc(C(C)(C)C)c[cH-]1.Cc1cc(C(C)(C)C)c[cH-]1. The van der Waals surface area contributed by atoms with Crippen molar-refractivity contribution in [3.05, 3.63) is 58.7 Å². The van der Waals surface area contributed by atoms with Crippen LogP contribution in [0.5, 0.6) is 0 Å². The second kappa shape index (κ2) is 9.81. The Hall–Kier alpha value is -0.547. The summed E-state index contributed by atoms with van der Waals surface area (Å²) in [6.07, 6.45) is 0. The zero-order chi connectivity index (χ0) is 19.1. The van der Waals surface area contributed by atoms with Gasteiger partial charge in [0, 0.05) is 0 Å². The molecule has 0 saturated carbocycles. The minimum Gasteiger partial charge on any atom is -0.207 e. The van der Waals surface area contributed by atoms with Crippen LogP contribution in [0.4, 0.5) is 0 Å². The Balaban J connectivity index is 0.000000363. The van der Waals surface area contributed by atoms with Crippen molar-refractivity contribution in [2.75, 3.05) is 0 Å². The van der Waals surface area contributed by atoms with Gasteiger partial charge in [0.15, 0.2) is 0 Å². The smallest absolute Gasteiger partial charge is 0.0635 e. The molecule has 24 heavy (non-hydrogen) atoms. The molecule has 2 rings (SSSR count). The van der Waals surface area contributed by atoms with Gasteiger partial charge in [0.1, 0.15) is 0 Å². The Morgan fingerprint density at radius 2 is 1.00 bits per heavy atom. The van der Waals surface area contributed by atoms with E-state index in [1.165, 1.54) is 25.5 Å². The van der Waals surface area contributed by atoms with Crippen LogP contribution in [0.2, 0.25) is 0 Å². The minimum atomic E-state index is 0.314. The molecule has 0 N–H and O–H groups in total. The molecule has 1 heteroatoms. The topological polar surface area (TPSA) is 0 Å². The van der Waals surface area contributed by atoms with Gasteiger partial charge in [-0.25, -0.2) is 12.1 Å². The van der Waals surface area contributed by atoms with E-state index in [0.29, 0.717) is 10.8 Å². The standard InChI is InChI=1S/2C10H15.C3H6.Zr/c2*1-8-5-6-9(7-8)10(2,3)4;1-3-2;/h2*5-7H,1-4H3;1-2H3;/q2*-1;;+2. The molecule has 0 atom stereocenters. The Bertz CT molecular complexity index is 555. The number of hydrogen-bond donors (Lipinski definition) is 0. The van der Waals surface area contributed by atoms with Crippen LogP contribution in [0, 0.1) is 13.8 Å². The predicted molar refractivity (Wildman–Crippen MR) is 107 cm³/mol. The average molecular weight is 404 g/mol. The van der Waals surface area contributed by atoms with Crippen molar-refractivity contribution in [2.24, 2.45) is 0 Å². The van der Waals surface area contributed by atoms with Gasteiger partial charge in [-0.05, 0) is 0 Å². The van der Waals surface area contributed by atoms with Gasteiger partial charge in [-0.3, -0.25) is 0 Å². The average Bonchev–Trinajstić information content (AvgIpc) is 2.96. The molecule has 0 amide bonds. The molecule has 0 aliphatic carbocycles. The van der Waals surface area contributed by atoms with Gasteiger partial charge < -0.3 is 0 Å². The molecule has 0 nitrogen and oxygen atoms in total. The van der Waals surface area contributed by atoms with E-state index in [-0.39, 0.29) is 0 Å². The van der Waals surface area contributed by atoms with Crippen molar-refractivity contribution in [1.82, 2.24) is 0 Å². The maximum Gasteiger partial charge on any atom is -0.0635 e. The number of rotatable bonds is 0. The second-order valence-corrected chi connectivity index (χ2v) is 11.3. The van der Waals surface area contributed by atoms with Crippen molar-refractivity contribution >= 4 is 3.21 Å². The Kier molecular flexibility index (Phi) is 9.59. The summed E-state index contributed by atoms with van der Waals surface area (Å²) >= 11 is 1.55. The third-order valence-corrected chi connectivity index (χ3v) is 3.55. The van der Waals surface area contributed by atoms with Crippen molar-refractivity contribution in [1.29, 1.82) is 0 Å². The van der Waals surface area contributed by atoms with Gasteiger partial charge in [-0.2, -0.15) is 46.5 Å². The maximum atomic E-state index is 2.25. The molecule has 0 bridgehead atoms. The molecule has 0 fully saturated rings. The van der Waals surface area contributed by atoms with Crippen LogP contribution in [0.15, 0.2) is 36.4 Å². The van der Waals surface area contributed by atoms with Crippen molar-refractivity contribution < 1.29 is 24.2 Å². The Morgan fingerprint density at radius 1 is 0.750 bits per heavy atom. The quantitative estimate of drug-likeness (QED) is 0.426. The van der Waals surface area contributed by atoms with Crippen LogP contribution in [0.1, 0.15) is 77.6 Å². The molecule has 2 aromatic carbocycles. The molecule has 0 aromatic heterocycles. The minimum absolute atomic E-state index is 0.314. The fourth-order valence-electron chi connectivity index (χ4n) is 2.06. The summed E-state index contributed by atoms with van der Waals surface area (Å²) in [5, 5.41) is 0. The molecule has 2 aromatic rings. The van der Waals surface area contributed by atoms with E-state index in [1.54, 1.807) is 24.2 Å². The van der Waals surface area contributed by atoms with E-state index in [2.05, 4.69) is 106 Å². The third-order valence-electron chi connectivity index (χ3n) is 3.55. The van der Waals surface area contributed by atoms with Crippen molar-refractivity contribution in [2.45, 2.75) is 80.1 Å². The summed E-state index contributed by atoms with van der Waals surface area (Å²) in [7, 11) is 0. The van der Waals surface area contributed by atoms with Crippen LogP contribution in [-0.4, -0.2) is 3.21 Å². The van der Waals surface area contributed by atoms with Gasteiger partial charge in [-0.15, -0.1) is 0 Å². The predicted octanol–water partition coefficient (Wildman–Crippen LogP) is 6.77. The summed E-state index contributed by atoms with van der Waals surface area (Å²) < 4.78 is 1.51. The zero-order valence-electron chi connectivity index (χ0n) is 17.5.